The normalized spacial score (nSPS) is 11.0. The quantitative estimate of drug-likeness (QED) is 0.711. The van der Waals surface area contributed by atoms with Crippen LogP contribution >= 0.6 is 0 Å². The third kappa shape index (κ3) is 1.55. The standard InChI is InChI=1S/C7H13N3O2/c1-5(2)10-6(4-12-3)8-9-7(10)11/h5H,4H2,1-3H3,(H,9,11). The smallest absolute Gasteiger partial charge is 0.343 e. The Labute approximate surface area is 70.4 Å². The second kappa shape index (κ2) is 3.53. The van der Waals surface area contributed by atoms with E-state index in [1.807, 2.05) is 13.8 Å². The Morgan fingerprint density at radius 1 is 1.67 bits per heavy atom. The van der Waals surface area contributed by atoms with Crippen molar-refractivity contribution in [2.45, 2.75) is 26.5 Å². The lowest BCUT2D eigenvalue weighted by molar-refractivity contribution is 0.172. The number of aromatic amines is 1. The molecule has 1 aromatic rings. The van der Waals surface area contributed by atoms with Crippen LogP contribution < -0.4 is 5.69 Å². The molecule has 5 heteroatoms. The van der Waals surface area contributed by atoms with E-state index in [1.165, 1.54) is 0 Å². The van der Waals surface area contributed by atoms with Gasteiger partial charge in [0.25, 0.3) is 0 Å². The molecule has 0 spiro atoms. The summed E-state index contributed by atoms with van der Waals surface area (Å²) in [5, 5.41) is 6.21. The lowest BCUT2D eigenvalue weighted by Crippen LogP contribution is -2.21. The largest absolute Gasteiger partial charge is 0.377 e. The zero-order chi connectivity index (χ0) is 9.14. The van der Waals surface area contributed by atoms with Gasteiger partial charge in [-0.05, 0) is 13.8 Å². The van der Waals surface area contributed by atoms with Gasteiger partial charge in [-0.1, -0.05) is 0 Å². The molecule has 0 atom stereocenters. The molecule has 1 aromatic heterocycles. The van der Waals surface area contributed by atoms with Crippen LogP contribution in [0.5, 0.6) is 0 Å². The second-order valence-electron chi connectivity index (χ2n) is 2.84. The number of nitrogens with one attached hydrogen (secondary N) is 1. The van der Waals surface area contributed by atoms with E-state index in [4.69, 9.17) is 4.74 Å². The highest BCUT2D eigenvalue weighted by Gasteiger charge is 2.09. The monoisotopic (exact) mass is 171 g/mol. The summed E-state index contributed by atoms with van der Waals surface area (Å²) in [5.41, 5.74) is -0.183. The molecule has 0 unspecified atom stereocenters. The molecule has 0 saturated carbocycles. The maximum atomic E-state index is 11.1. The Morgan fingerprint density at radius 3 is 2.83 bits per heavy atom. The number of nitrogens with zero attached hydrogens (tertiary/aromatic N) is 2. The Bertz CT molecular complexity index is 300. The van der Waals surface area contributed by atoms with Crippen molar-refractivity contribution in [2.24, 2.45) is 0 Å². The maximum absolute atomic E-state index is 11.1. The van der Waals surface area contributed by atoms with Crippen LogP contribution in [0.2, 0.25) is 0 Å². The molecule has 1 heterocycles. The summed E-state index contributed by atoms with van der Waals surface area (Å²) in [7, 11) is 1.57. The Morgan fingerprint density at radius 2 is 2.33 bits per heavy atom. The summed E-state index contributed by atoms with van der Waals surface area (Å²) >= 11 is 0. The van der Waals surface area contributed by atoms with Crippen molar-refractivity contribution in [1.82, 2.24) is 14.8 Å². The first-order valence-electron chi connectivity index (χ1n) is 3.81. The summed E-state index contributed by atoms with van der Waals surface area (Å²) in [4.78, 5) is 11.1. The zero-order valence-electron chi connectivity index (χ0n) is 7.50. The molecule has 0 saturated heterocycles. The van der Waals surface area contributed by atoms with Crippen LogP contribution in [0.1, 0.15) is 25.7 Å². The van der Waals surface area contributed by atoms with Crippen molar-refractivity contribution in [2.75, 3.05) is 7.11 Å². The number of rotatable bonds is 3. The van der Waals surface area contributed by atoms with Crippen LogP contribution in [0.4, 0.5) is 0 Å². The number of methoxy groups -OCH3 is 1. The van der Waals surface area contributed by atoms with E-state index >= 15 is 0 Å². The van der Waals surface area contributed by atoms with Crippen LogP contribution in [-0.4, -0.2) is 21.9 Å². The number of hydrogen-bond donors (Lipinski definition) is 1. The van der Waals surface area contributed by atoms with Gasteiger partial charge in [0.1, 0.15) is 6.61 Å². The zero-order valence-corrected chi connectivity index (χ0v) is 7.50. The first-order chi connectivity index (χ1) is 5.66. The Hall–Kier alpha value is -1.10. The molecule has 0 aliphatic rings. The highest BCUT2D eigenvalue weighted by Crippen LogP contribution is 2.03. The summed E-state index contributed by atoms with van der Waals surface area (Å²) in [6.45, 7) is 4.21. The van der Waals surface area contributed by atoms with Crippen molar-refractivity contribution in [1.29, 1.82) is 0 Å². The fourth-order valence-electron chi connectivity index (χ4n) is 1.10. The number of hydrogen-bond acceptors (Lipinski definition) is 3. The average molecular weight is 171 g/mol. The lowest BCUT2D eigenvalue weighted by Gasteiger charge is -2.07. The van der Waals surface area contributed by atoms with E-state index in [9.17, 15) is 4.79 Å². The molecule has 0 aliphatic heterocycles. The Balaban J connectivity index is 3.04. The van der Waals surface area contributed by atoms with Crippen LogP contribution in [-0.2, 0) is 11.3 Å². The first-order valence-corrected chi connectivity index (χ1v) is 3.81. The average Bonchev–Trinajstić information content (AvgIpc) is 2.32. The van der Waals surface area contributed by atoms with Crippen molar-refractivity contribution >= 4 is 0 Å². The van der Waals surface area contributed by atoms with Gasteiger partial charge in [-0.2, -0.15) is 5.10 Å². The van der Waals surface area contributed by atoms with Crippen molar-refractivity contribution < 1.29 is 4.74 Å². The van der Waals surface area contributed by atoms with Gasteiger partial charge in [0, 0.05) is 13.2 Å². The molecule has 5 nitrogen and oxygen atoms in total. The topological polar surface area (TPSA) is 59.9 Å². The third-order valence-corrected chi connectivity index (χ3v) is 1.57. The lowest BCUT2D eigenvalue weighted by atomic mass is 10.4. The van der Waals surface area contributed by atoms with Gasteiger partial charge in [0.2, 0.25) is 0 Å². The molecule has 12 heavy (non-hydrogen) atoms. The summed E-state index contributed by atoms with van der Waals surface area (Å²) in [6.07, 6.45) is 0. The predicted molar refractivity (Wildman–Crippen MR) is 43.9 cm³/mol. The summed E-state index contributed by atoms with van der Waals surface area (Å²) < 4.78 is 6.46. The van der Waals surface area contributed by atoms with Gasteiger partial charge < -0.3 is 4.74 Å². The maximum Gasteiger partial charge on any atom is 0.343 e. The van der Waals surface area contributed by atoms with Gasteiger partial charge in [-0.25, -0.2) is 9.89 Å². The first kappa shape index (κ1) is 8.99. The molecule has 0 aromatic carbocycles. The van der Waals surface area contributed by atoms with E-state index in [2.05, 4.69) is 10.2 Å². The molecule has 0 radical (unpaired) electrons. The highest BCUT2D eigenvalue weighted by molar-refractivity contribution is 4.85. The molecular weight excluding hydrogens is 158 g/mol. The SMILES string of the molecule is COCc1n[nH]c(=O)n1C(C)C. The highest BCUT2D eigenvalue weighted by atomic mass is 16.5. The van der Waals surface area contributed by atoms with Crippen molar-refractivity contribution in [3.8, 4) is 0 Å². The third-order valence-electron chi connectivity index (χ3n) is 1.57. The van der Waals surface area contributed by atoms with Crippen LogP contribution in [0, 0.1) is 0 Å². The molecule has 0 bridgehead atoms. The van der Waals surface area contributed by atoms with Gasteiger partial charge in [0.05, 0.1) is 0 Å². The molecule has 68 valence electrons. The van der Waals surface area contributed by atoms with Crippen molar-refractivity contribution in [3.05, 3.63) is 16.3 Å². The van der Waals surface area contributed by atoms with Crippen LogP contribution in [0.3, 0.4) is 0 Å². The minimum Gasteiger partial charge on any atom is -0.377 e. The number of ether oxygens (including phenoxy) is 1. The summed E-state index contributed by atoms with van der Waals surface area (Å²) in [5.74, 6) is 0.637. The molecule has 0 amide bonds. The van der Waals surface area contributed by atoms with Crippen LogP contribution in [0.15, 0.2) is 4.79 Å². The molecule has 1 N–H and O–H groups in total. The number of H-pyrrole nitrogens is 1. The number of aromatic nitrogens is 3. The second-order valence-corrected chi connectivity index (χ2v) is 2.84. The van der Waals surface area contributed by atoms with E-state index in [1.54, 1.807) is 11.7 Å². The summed E-state index contributed by atoms with van der Waals surface area (Å²) in [6, 6.07) is 0.112. The van der Waals surface area contributed by atoms with Crippen molar-refractivity contribution in [3.63, 3.8) is 0 Å². The van der Waals surface area contributed by atoms with Crippen LogP contribution in [0.25, 0.3) is 0 Å². The van der Waals surface area contributed by atoms with E-state index in [-0.39, 0.29) is 11.7 Å². The van der Waals surface area contributed by atoms with E-state index in [0.717, 1.165) is 0 Å². The predicted octanol–water partition coefficient (Wildman–Crippen LogP) is 0.299. The molecular formula is C7H13N3O2. The molecule has 1 rings (SSSR count). The fourth-order valence-corrected chi connectivity index (χ4v) is 1.10. The fraction of sp³-hybridized carbons (Fsp3) is 0.714. The van der Waals surface area contributed by atoms with Gasteiger partial charge in [-0.3, -0.25) is 4.57 Å². The van der Waals surface area contributed by atoms with E-state index in [0.29, 0.717) is 12.4 Å². The minimum atomic E-state index is -0.183. The van der Waals surface area contributed by atoms with Gasteiger partial charge >= 0.3 is 5.69 Å². The van der Waals surface area contributed by atoms with Gasteiger partial charge in [-0.15, -0.1) is 0 Å². The molecule has 0 aliphatic carbocycles. The van der Waals surface area contributed by atoms with Gasteiger partial charge in [0.15, 0.2) is 5.82 Å². The molecule has 0 fully saturated rings. The minimum absolute atomic E-state index is 0.112. The van der Waals surface area contributed by atoms with E-state index < -0.39 is 0 Å². The Kier molecular flexibility index (Phi) is 2.65.